The van der Waals surface area contributed by atoms with Gasteiger partial charge in [-0.15, -0.1) is 0 Å². The lowest BCUT2D eigenvalue weighted by Gasteiger charge is -2.24. The Morgan fingerprint density at radius 2 is 1.76 bits per heavy atom. The quantitative estimate of drug-likeness (QED) is 0.847. The molecule has 0 radical (unpaired) electrons. The van der Waals surface area contributed by atoms with E-state index < -0.39 is 12.1 Å². The van der Waals surface area contributed by atoms with Crippen molar-refractivity contribution < 1.29 is 14.7 Å². The van der Waals surface area contributed by atoms with Gasteiger partial charge in [0.15, 0.2) is 0 Å². The highest BCUT2D eigenvalue weighted by Crippen LogP contribution is 2.28. The van der Waals surface area contributed by atoms with E-state index in [1.54, 1.807) is 32.0 Å². The predicted molar refractivity (Wildman–Crippen MR) is 65.8 cm³/mol. The van der Waals surface area contributed by atoms with E-state index in [1.807, 2.05) is 0 Å². The molecule has 0 saturated heterocycles. The summed E-state index contributed by atoms with van der Waals surface area (Å²) >= 11 is 3.27. The summed E-state index contributed by atoms with van der Waals surface area (Å²) in [7, 11) is 0. The summed E-state index contributed by atoms with van der Waals surface area (Å²) in [6.07, 6.45) is -0.749. The maximum atomic E-state index is 12.1. The first kappa shape index (κ1) is 12.3. The van der Waals surface area contributed by atoms with Crippen molar-refractivity contribution in [1.29, 1.82) is 0 Å². The Balaban J connectivity index is 2.46. The SMILES string of the molecule is CC(O)C(C)N1C(=O)c2ccc(Br)cc2C1=O. The first-order chi connectivity index (χ1) is 7.93. The molecule has 1 aromatic carbocycles. The second-order valence-corrected chi connectivity index (χ2v) is 5.07. The molecule has 0 aliphatic carbocycles. The second-order valence-electron chi connectivity index (χ2n) is 4.15. The van der Waals surface area contributed by atoms with E-state index in [0.717, 1.165) is 9.37 Å². The number of carbonyl (C=O) groups is 2. The molecule has 1 aliphatic rings. The lowest BCUT2D eigenvalue weighted by molar-refractivity contribution is 0.0416. The van der Waals surface area contributed by atoms with E-state index in [1.165, 1.54) is 0 Å². The van der Waals surface area contributed by atoms with Gasteiger partial charge in [-0.1, -0.05) is 15.9 Å². The van der Waals surface area contributed by atoms with Crippen LogP contribution in [0.4, 0.5) is 0 Å². The highest BCUT2D eigenvalue weighted by molar-refractivity contribution is 9.10. The monoisotopic (exact) mass is 297 g/mol. The number of rotatable bonds is 2. The van der Waals surface area contributed by atoms with Crippen molar-refractivity contribution in [3.8, 4) is 0 Å². The van der Waals surface area contributed by atoms with Crippen LogP contribution in [0.5, 0.6) is 0 Å². The zero-order valence-corrected chi connectivity index (χ0v) is 11.1. The molecule has 17 heavy (non-hydrogen) atoms. The topological polar surface area (TPSA) is 57.6 Å². The molecule has 0 spiro atoms. The normalized spacial score (nSPS) is 18.2. The molecule has 2 atom stereocenters. The molecular formula is C12H12BrNO3. The van der Waals surface area contributed by atoms with Gasteiger partial charge in [0.25, 0.3) is 11.8 Å². The molecule has 2 unspecified atom stereocenters. The van der Waals surface area contributed by atoms with Crippen LogP contribution in [0, 0.1) is 0 Å². The van der Waals surface area contributed by atoms with Gasteiger partial charge < -0.3 is 5.11 Å². The van der Waals surface area contributed by atoms with E-state index in [0.29, 0.717) is 11.1 Å². The number of aliphatic hydroxyl groups is 1. The molecule has 1 aromatic rings. The van der Waals surface area contributed by atoms with Crippen LogP contribution in [0.3, 0.4) is 0 Å². The summed E-state index contributed by atoms with van der Waals surface area (Å²) in [5, 5.41) is 9.50. The van der Waals surface area contributed by atoms with Crippen LogP contribution in [0.15, 0.2) is 22.7 Å². The summed E-state index contributed by atoms with van der Waals surface area (Å²) in [4.78, 5) is 25.2. The number of hydrogen-bond donors (Lipinski definition) is 1. The number of nitrogens with zero attached hydrogens (tertiary/aromatic N) is 1. The van der Waals surface area contributed by atoms with Gasteiger partial charge in [0.1, 0.15) is 0 Å². The lowest BCUT2D eigenvalue weighted by atomic mass is 10.1. The summed E-state index contributed by atoms with van der Waals surface area (Å²) in [6.45, 7) is 3.21. The molecule has 1 heterocycles. The zero-order valence-electron chi connectivity index (χ0n) is 9.48. The zero-order chi connectivity index (χ0) is 12.7. The highest BCUT2D eigenvalue weighted by atomic mass is 79.9. The Morgan fingerprint density at radius 3 is 2.35 bits per heavy atom. The maximum absolute atomic E-state index is 12.1. The number of hydrogen-bond acceptors (Lipinski definition) is 3. The van der Waals surface area contributed by atoms with Gasteiger partial charge >= 0.3 is 0 Å². The molecule has 0 aromatic heterocycles. The third kappa shape index (κ3) is 1.89. The van der Waals surface area contributed by atoms with Crippen LogP contribution < -0.4 is 0 Å². The van der Waals surface area contributed by atoms with Crippen LogP contribution >= 0.6 is 15.9 Å². The van der Waals surface area contributed by atoms with Crippen LogP contribution in [-0.4, -0.2) is 34.0 Å². The fraction of sp³-hybridized carbons (Fsp3) is 0.333. The van der Waals surface area contributed by atoms with Crippen molar-refractivity contribution in [3.05, 3.63) is 33.8 Å². The second kappa shape index (κ2) is 4.23. The van der Waals surface area contributed by atoms with Gasteiger partial charge in [-0.25, -0.2) is 0 Å². The fourth-order valence-electron chi connectivity index (χ4n) is 1.82. The third-order valence-corrected chi connectivity index (χ3v) is 3.48. The van der Waals surface area contributed by atoms with Crippen LogP contribution in [0.1, 0.15) is 34.6 Å². The Bertz CT molecular complexity index is 499. The molecule has 0 saturated carbocycles. The van der Waals surface area contributed by atoms with Crippen LogP contribution in [0.25, 0.3) is 0 Å². The highest BCUT2D eigenvalue weighted by Gasteiger charge is 2.39. The third-order valence-electron chi connectivity index (χ3n) is 2.99. The van der Waals surface area contributed by atoms with Crippen molar-refractivity contribution in [3.63, 3.8) is 0 Å². The van der Waals surface area contributed by atoms with E-state index in [4.69, 9.17) is 0 Å². The molecule has 90 valence electrons. The van der Waals surface area contributed by atoms with Gasteiger partial charge in [-0.3, -0.25) is 14.5 Å². The molecule has 2 amide bonds. The summed E-state index contributed by atoms with van der Waals surface area (Å²) < 4.78 is 0.754. The van der Waals surface area contributed by atoms with E-state index in [9.17, 15) is 14.7 Å². The van der Waals surface area contributed by atoms with Crippen molar-refractivity contribution in [2.45, 2.75) is 26.0 Å². The Morgan fingerprint density at radius 1 is 1.18 bits per heavy atom. The number of carbonyl (C=O) groups excluding carboxylic acids is 2. The van der Waals surface area contributed by atoms with Gasteiger partial charge in [-0.05, 0) is 32.0 Å². The molecule has 2 rings (SSSR count). The molecular weight excluding hydrogens is 286 g/mol. The number of amides is 2. The molecule has 4 nitrogen and oxygen atoms in total. The van der Waals surface area contributed by atoms with Gasteiger partial charge in [0.05, 0.1) is 23.3 Å². The average molecular weight is 298 g/mol. The maximum Gasteiger partial charge on any atom is 0.261 e. The number of halogens is 1. The number of fused-ring (bicyclic) bond motifs is 1. The van der Waals surface area contributed by atoms with Gasteiger partial charge in [-0.2, -0.15) is 0 Å². The minimum atomic E-state index is -0.749. The number of benzene rings is 1. The van der Waals surface area contributed by atoms with E-state index in [2.05, 4.69) is 15.9 Å². The molecule has 1 aliphatic heterocycles. The smallest absolute Gasteiger partial charge is 0.261 e. The minimum absolute atomic E-state index is 0.342. The van der Waals surface area contributed by atoms with E-state index in [-0.39, 0.29) is 11.8 Å². The molecule has 0 bridgehead atoms. The molecule has 1 N–H and O–H groups in total. The standard InChI is InChI=1S/C12H12BrNO3/c1-6(7(2)15)14-11(16)9-4-3-8(13)5-10(9)12(14)17/h3-7,15H,1-2H3. The number of imide groups is 1. The first-order valence-electron chi connectivity index (χ1n) is 5.29. The number of aliphatic hydroxyl groups excluding tert-OH is 1. The van der Waals surface area contributed by atoms with Crippen molar-refractivity contribution in [2.75, 3.05) is 0 Å². The predicted octanol–water partition coefficient (Wildman–Crippen LogP) is 1.81. The Labute approximate surface area is 107 Å². The first-order valence-corrected chi connectivity index (χ1v) is 6.08. The molecule has 0 fully saturated rings. The van der Waals surface area contributed by atoms with E-state index >= 15 is 0 Å². The summed E-state index contributed by atoms with van der Waals surface area (Å²) in [5.74, 6) is -0.689. The largest absolute Gasteiger partial charge is 0.391 e. The van der Waals surface area contributed by atoms with Crippen molar-refractivity contribution in [2.24, 2.45) is 0 Å². The Kier molecular flexibility index (Phi) is 3.05. The minimum Gasteiger partial charge on any atom is -0.391 e. The Hall–Kier alpha value is -1.20. The summed E-state index contributed by atoms with van der Waals surface area (Å²) in [6, 6.07) is 4.44. The molecule has 5 heteroatoms. The fourth-order valence-corrected chi connectivity index (χ4v) is 2.18. The van der Waals surface area contributed by atoms with Crippen LogP contribution in [-0.2, 0) is 0 Å². The summed E-state index contributed by atoms with van der Waals surface area (Å²) in [5.41, 5.74) is 0.780. The van der Waals surface area contributed by atoms with Crippen molar-refractivity contribution >= 4 is 27.7 Å². The van der Waals surface area contributed by atoms with Gasteiger partial charge in [0.2, 0.25) is 0 Å². The van der Waals surface area contributed by atoms with Crippen LogP contribution in [0.2, 0.25) is 0 Å². The van der Waals surface area contributed by atoms with Gasteiger partial charge in [0, 0.05) is 4.47 Å². The average Bonchev–Trinajstić information content (AvgIpc) is 2.50. The van der Waals surface area contributed by atoms with Crippen molar-refractivity contribution in [1.82, 2.24) is 4.90 Å². The lowest BCUT2D eigenvalue weighted by Crippen LogP contribution is -2.43.